The van der Waals surface area contributed by atoms with Gasteiger partial charge in [-0.3, -0.25) is 4.90 Å². The van der Waals surface area contributed by atoms with Crippen LogP contribution in [0.15, 0.2) is 0 Å². The lowest BCUT2D eigenvalue weighted by Gasteiger charge is -2.42. The number of nitrogens with two attached hydrogens (primary N) is 1. The van der Waals surface area contributed by atoms with Gasteiger partial charge in [0.1, 0.15) is 0 Å². The fourth-order valence-electron chi connectivity index (χ4n) is 2.06. The molecule has 0 saturated heterocycles. The summed E-state index contributed by atoms with van der Waals surface area (Å²) in [6.45, 7) is 12.0. The van der Waals surface area contributed by atoms with Gasteiger partial charge < -0.3 is 5.73 Å². The molecule has 0 rings (SSSR count). The van der Waals surface area contributed by atoms with Gasteiger partial charge in [0, 0.05) is 18.1 Å². The van der Waals surface area contributed by atoms with Crippen LogP contribution in [0.25, 0.3) is 0 Å². The maximum atomic E-state index is 5.91. The molecule has 0 aromatic heterocycles. The first-order valence-corrected chi connectivity index (χ1v) is 5.80. The third-order valence-electron chi connectivity index (χ3n) is 3.39. The van der Waals surface area contributed by atoms with Crippen LogP contribution in [0.2, 0.25) is 0 Å². The molecule has 86 valence electrons. The van der Waals surface area contributed by atoms with Crippen molar-refractivity contribution in [1.29, 1.82) is 0 Å². The Morgan fingerprint density at radius 2 is 1.79 bits per heavy atom. The summed E-state index contributed by atoms with van der Waals surface area (Å²) in [4.78, 5) is 2.44. The van der Waals surface area contributed by atoms with E-state index in [0.29, 0.717) is 12.0 Å². The zero-order valence-corrected chi connectivity index (χ0v) is 10.8. The molecule has 0 aliphatic rings. The largest absolute Gasteiger partial charge is 0.329 e. The van der Waals surface area contributed by atoms with E-state index in [1.165, 1.54) is 12.8 Å². The van der Waals surface area contributed by atoms with Gasteiger partial charge in [-0.15, -0.1) is 0 Å². The van der Waals surface area contributed by atoms with E-state index in [1.807, 2.05) is 0 Å². The topological polar surface area (TPSA) is 29.3 Å². The lowest BCUT2D eigenvalue weighted by atomic mass is 9.88. The Labute approximate surface area is 89.9 Å². The average molecular weight is 200 g/mol. The molecule has 0 aromatic carbocycles. The summed E-state index contributed by atoms with van der Waals surface area (Å²) in [6.07, 6.45) is 2.36. The van der Waals surface area contributed by atoms with E-state index in [4.69, 9.17) is 5.73 Å². The maximum Gasteiger partial charge on any atom is 0.0305 e. The van der Waals surface area contributed by atoms with Crippen LogP contribution in [0.1, 0.15) is 47.5 Å². The molecule has 2 heteroatoms. The quantitative estimate of drug-likeness (QED) is 0.714. The molecule has 0 fully saturated rings. The summed E-state index contributed by atoms with van der Waals surface area (Å²) in [5, 5.41) is 0. The second-order valence-electron chi connectivity index (χ2n) is 5.17. The number of hydrogen-bond acceptors (Lipinski definition) is 2. The number of nitrogens with zero attached hydrogens (tertiary/aromatic N) is 1. The monoisotopic (exact) mass is 200 g/mol. The van der Waals surface area contributed by atoms with E-state index in [-0.39, 0.29) is 5.54 Å². The molecule has 0 amide bonds. The summed E-state index contributed by atoms with van der Waals surface area (Å²) in [5.41, 5.74) is 6.06. The van der Waals surface area contributed by atoms with Crippen LogP contribution >= 0.6 is 0 Å². The van der Waals surface area contributed by atoms with Crippen molar-refractivity contribution in [3.63, 3.8) is 0 Å². The van der Waals surface area contributed by atoms with Crippen LogP contribution in [0.5, 0.6) is 0 Å². The van der Waals surface area contributed by atoms with Gasteiger partial charge in [0.2, 0.25) is 0 Å². The Kier molecular flexibility index (Phi) is 5.68. The molecular formula is C12H28N2. The van der Waals surface area contributed by atoms with E-state index in [9.17, 15) is 0 Å². The van der Waals surface area contributed by atoms with Crippen molar-refractivity contribution >= 4 is 0 Å². The maximum absolute atomic E-state index is 5.91. The molecule has 2 atom stereocenters. The molecule has 0 spiro atoms. The normalized spacial score (nSPS) is 18.6. The van der Waals surface area contributed by atoms with Crippen LogP contribution in [-0.4, -0.2) is 30.1 Å². The molecule has 0 radical (unpaired) electrons. The lowest BCUT2D eigenvalue weighted by Crippen LogP contribution is -2.53. The summed E-state index contributed by atoms with van der Waals surface area (Å²) < 4.78 is 0. The zero-order chi connectivity index (χ0) is 11.4. The molecule has 2 N–H and O–H groups in total. The van der Waals surface area contributed by atoms with Gasteiger partial charge in [0.15, 0.2) is 0 Å². The first kappa shape index (κ1) is 13.9. The molecule has 2 unspecified atom stereocenters. The summed E-state index contributed by atoms with van der Waals surface area (Å²) in [6, 6.07) is 0.613. The van der Waals surface area contributed by atoms with Crippen molar-refractivity contribution in [1.82, 2.24) is 4.90 Å². The van der Waals surface area contributed by atoms with Gasteiger partial charge >= 0.3 is 0 Å². The highest BCUT2D eigenvalue weighted by Crippen LogP contribution is 2.24. The smallest absolute Gasteiger partial charge is 0.0305 e. The third kappa shape index (κ3) is 3.58. The Bertz CT molecular complexity index is 156. The minimum Gasteiger partial charge on any atom is -0.329 e. The van der Waals surface area contributed by atoms with Crippen LogP contribution in [0.4, 0.5) is 0 Å². The Hall–Kier alpha value is -0.0800. The van der Waals surface area contributed by atoms with Crippen molar-refractivity contribution in [2.24, 2.45) is 11.7 Å². The van der Waals surface area contributed by atoms with E-state index in [0.717, 1.165) is 6.54 Å². The third-order valence-corrected chi connectivity index (χ3v) is 3.39. The lowest BCUT2D eigenvalue weighted by molar-refractivity contribution is 0.0785. The number of likely N-dealkylation sites (N-methyl/N-ethyl adjacent to an activating group) is 1. The van der Waals surface area contributed by atoms with Crippen molar-refractivity contribution in [3.8, 4) is 0 Å². The predicted molar refractivity (Wildman–Crippen MR) is 64.4 cm³/mol. The fraction of sp³-hybridized carbons (Fsp3) is 1.00. The van der Waals surface area contributed by atoms with Crippen molar-refractivity contribution < 1.29 is 0 Å². The molecule has 0 saturated carbocycles. The molecule has 2 nitrogen and oxygen atoms in total. The van der Waals surface area contributed by atoms with Crippen LogP contribution < -0.4 is 5.73 Å². The predicted octanol–water partition coefficient (Wildman–Crippen LogP) is 2.48. The molecule has 0 bridgehead atoms. The van der Waals surface area contributed by atoms with Crippen molar-refractivity contribution in [2.45, 2.75) is 59.0 Å². The molecular weight excluding hydrogens is 172 g/mol. The van der Waals surface area contributed by atoms with Gasteiger partial charge in [-0.2, -0.15) is 0 Å². The minimum absolute atomic E-state index is 0.156. The Balaban J connectivity index is 4.49. The Morgan fingerprint density at radius 3 is 2.07 bits per heavy atom. The second kappa shape index (κ2) is 5.72. The summed E-state index contributed by atoms with van der Waals surface area (Å²) >= 11 is 0. The van der Waals surface area contributed by atoms with E-state index in [1.54, 1.807) is 0 Å². The van der Waals surface area contributed by atoms with Gasteiger partial charge in [-0.05, 0) is 39.7 Å². The molecule has 0 heterocycles. The van der Waals surface area contributed by atoms with E-state index >= 15 is 0 Å². The van der Waals surface area contributed by atoms with Gasteiger partial charge in [-0.1, -0.05) is 20.8 Å². The Morgan fingerprint density at radius 1 is 1.29 bits per heavy atom. The average Bonchev–Trinajstić information content (AvgIpc) is 2.14. The van der Waals surface area contributed by atoms with Gasteiger partial charge in [-0.25, -0.2) is 0 Å². The second-order valence-corrected chi connectivity index (χ2v) is 5.17. The number of hydrogen-bond donors (Lipinski definition) is 1. The summed E-state index contributed by atoms with van der Waals surface area (Å²) in [7, 11) is 2.20. The standard InChI is InChI=1S/C12H28N2/c1-7-11(4)14(6)12(5,9-13)8-10(2)3/h10-11H,7-9,13H2,1-6H3. The van der Waals surface area contributed by atoms with Crippen molar-refractivity contribution in [3.05, 3.63) is 0 Å². The van der Waals surface area contributed by atoms with Crippen LogP contribution in [-0.2, 0) is 0 Å². The van der Waals surface area contributed by atoms with Gasteiger partial charge in [0.25, 0.3) is 0 Å². The summed E-state index contributed by atoms with van der Waals surface area (Å²) in [5.74, 6) is 0.704. The molecule has 14 heavy (non-hydrogen) atoms. The van der Waals surface area contributed by atoms with Crippen LogP contribution in [0, 0.1) is 5.92 Å². The molecule has 0 aliphatic heterocycles. The minimum atomic E-state index is 0.156. The SMILES string of the molecule is CCC(C)N(C)C(C)(CN)CC(C)C. The highest BCUT2D eigenvalue weighted by molar-refractivity contribution is 4.88. The fourth-order valence-corrected chi connectivity index (χ4v) is 2.06. The molecule has 0 aromatic rings. The van der Waals surface area contributed by atoms with Crippen molar-refractivity contribution in [2.75, 3.05) is 13.6 Å². The first-order chi connectivity index (χ1) is 6.37. The first-order valence-electron chi connectivity index (χ1n) is 5.80. The highest BCUT2D eigenvalue weighted by Gasteiger charge is 2.30. The zero-order valence-electron chi connectivity index (χ0n) is 10.8. The van der Waals surface area contributed by atoms with E-state index in [2.05, 4.69) is 46.6 Å². The van der Waals surface area contributed by atoms with Crippen LogP contribution in [0.3, 0.4) is 0 Å². The van der Waals surface area contributed by atoms with E-state index < -0.39 is 0 Å². The molecule has 0 aliphatic carbocycles. The van der Waals surface area contributed by atoms with Gasteiger partial charge in [0.05, 0.1) is 0 Å². The highest BCUT2D eigenvalue weighted by atomic mass is 15.2. The number of rotatable bonds is 6.